The van der Waals surface area contributed by atoms with Gasteiger partial charge < -0.3 is 10.6 Å². The average molecular weight is 348 g/mol. The number of hydrogen-bond donors (Lipinski definition) is 2. The highest BCUT2D eigenvalue weighted by Gasteiger charge is 2.43. The van der Waals surface area contributed by atoms with Crippen LogP contribution in [0.5, 0.6) is 0 Å². The van der Waals surface area contributed by atoms with Crippen LogP contribution in [-0.2, 0) is 5.66 Å². The smallest absolute Gasteiger partial charge is 0.162 e. The predicted octanol–water partition coefficient (Wildman–Crippen LogP) is 6.09. The Hall–Kier alpha value is -3.52. The lowest BCUT2D eigenvalue weighted by Crippen LogP contribution is -2.42. The molecule has 0 heterocycles. The minimum absolute atomic E-state index is 0.532. The van der Waals surface area contributed by atoms with Gasteiger partial charge in [-0.15, -0.1) is 0 Å². The molecule has 2 nitrogen and oxygen atoms in total. The number of fused-ring (bicyclic) bond motifs is 3. The molecule has 0 aliphatic heterocycles. The van der Waals surface area contributed by atoms with Crippen LogP contribution in [0.15, 0.2) is 109 Å². The number of para-hydroxylation sites is 2. The molecule has 27 heavy (non-hydrogen) atoms. The highest BCUT2D eigenvalue weighted by molar-refractivity contribution is 5.84. The molecular formula is C25H20N2. The molecule has 0 spiro atoms. The van der Waals surface area contributed by atoms with Crippen molar-refractivity contribution in [3.8, 4) is 11.1 Å². The van der Waals surface area contributed by atoms with E-state index in [-0.39, 0.29) is 0 Å². The van der Waals surface area contributed by atoms with Crippen LogP contribution in [0.4, 0.5) is 11.4 Å². The largest absolute Gasteiger partial charge is 0.355 e. The van der Waals surface area contributed by atoms with Crippen molar-refractivity contribution in [3.63, 3.8) is 0 Å². The van der Waals surface area contributed by atoms with Crippen LogP contribution in [0.2, 0.25) is 0 Å². The molecule has 5 rings (SSSR count). The monoisotopic (exact) mass is 348 g/mol. The van der Waals surface area contributed by atoms with Gasteiger partial charge in [0.2, 0.25) is 0 Å². The Bertz CT molecular complexity index is 982. The number of anilines is 2. The number of rotatable bonds is 4. The first-order valence-electron chi connectivity index (χ1n) is 9.23. The molecule has 0 bridgehead atoms. The summed E-state index contributed by atoms with van der Waals surface area (Å²) in [5, 5.41) is 7.61. The summed E-state index contributed by atoms with van der Waals surface area (Å²) in [5.74, 6) is 0. The molecule has 0 saturated carbocycles. The molecule has 4 aromatic carbocycles. The summed E-state index contributed by atoms with van der Waals surface area (Å²) in [6.07, 6.45) is 0. The van der Waals surface area contributed by atoms with Crippen LogP contribution in [0.1, 0.15) is 11.1 Å². The van der Waals surface area contributed by atoms with E-state index in [0.717, 1.165) is 11.4 Å². The highest BCUT2D eigenvalue weighted by atomic mass is 15.2. The Labute approximate surface area is 159 Å². The maximum atomic E-state index is 3.80. The molecule has 0 radical (unpaired) electrons. The fourth-order valence-electron chi connectivity index (χ4n) is 4.01. The number of hydrogen-bond acceptors (Lipinski definition) is 2. The quantitative estimate of drug-likeness (QED) is 0.436. The summed E-state index contributed by atoms with van der Waals surface area (Å²) in [6, 6.07) is 38.0. The Kier molecular flexibility index (Phi) is 3.68. The van der Waals surface area contributed by atoms with Crippen molar-refractivity contribution >= 4 is 11.4 Å². The van der Waals surface area contributed by atoms with Gasteiger partial charge in [-0.25, -0.2) is 0 Å². The Morgan fingerprint density at radius 2 is 0.778 bits per heavy atom. The van der Waals surface area contributed by atoms with Crippen molar-refractivity contribution in [2.45, 2.75) is 5.66 Å². The number of nitrogens with one attached hydrogen (secondary N) is 2. The highest BCUT2D eigenvalue weighted by Crippen LogP contribution is 2.49. The van der Waals surface area contributed by atoms with Gasteiger partial charge >= 0.3 is 0 Å². The van der Waals surface area contributed by atoms with Crippen molar-refractivity contribution in [2.24, 2.45) is 0 Å². The van der Waals surface area contributed by atoms with E-state index in [1.54, 1.807) is 0 Å². The summed E-state index contributed by atoms with van der Waals surface area (Å²) in [4.78, 5) is 0. The van der Waals surface area contributed by atoms with Gasteiger partial charge in [0.05, 0.1) is 0 Å². The second-order valence-corrected chi connectivity index (χ2v) is 6.82. The van der Waals surface area contributed by atoms with Crippen LogP contribution in [0, 0.1) is 0 Å². The van der Waals surface area contributed by atoms with Crippen LogP contribution in [0.3, 0.4) is 0 Å². The molecular weight excluding hydrogens is 328 g/mol. The van der Waals surface area contributed by atoms with Crippen molar-refractivity contribution in [2.75, 3.05) is 10.6 Å². The van der Waals surface area contributed by atoms with E-state index in [2.05, 4.69) is 108 Å². The third kappa shape index (κ3) is 2.58. The first kappa shape index (κ1) is 15.7. The molecule has 1 aliphatic rings. The summed E-state index contributed by atoms with van der Waals surface area (Å²) in [7, 11) is 0. The minimum Gasteiger partial charge on any atom is -0.355 e. The van der Waals surface area contributed by atoms with E-state index >= 15 is 0 Å². The van der Waals surface area contributed by atoms with E-state index in [4.69, 9.17) is 0 Å². The Balaban J connectivity index is 1.75. The van der Waals surface area contributed by atoms with Crippen LogP contribution >= 0.6 is 0 Å². The van der Waals surface area contributed by atoms with Gasteiger partial charge in [0.1, 0.15) is 0 Å². The topological polar surface area (TPSA) is 24.1 Å². The van der Waals surface area contributed by atoms with Crippen LogP contribution in [-0.4, -0.2) is 0 Å². The molecule has 0 fully saturated rings. The minimum atomic E-state index is -0.532. The van der Waals surface area contributed by atoms with Gasteiger partial charge in [0.15, 0.2) is 5.66 Å². The number of benzene rings is 4. The molecule has 0 saturated heterocycles. The first-order chi connectivity index (χ1) is 13.4. The zero-order valence-electron chi connectivity index (χ0n) is 14.9. The summed E-state index contributed by atoms with van der Waals surface area (Å²) in [5.41, 5.74) is 6.62. The molecule has 1 aliphatic carbocycles. The summed E-state index contributed by atoms with van der Waals surface area (Å²) in [6.45, 7) is 0. The van der Waals surface area contributed by atoms with Crippen molar-refractivity contribution < 1.29 is 0 Å². The van der Waals surface area contributed by atoms with Gasteiger partial charge in [0.25, 0.3) is 0 Å². The van der Waals surface area contributed by atoms with E-state index in [0.29, 0.717) is 0 Å². The van der Waals surface area contributed by atoms with Crippen LogP contribution in [0.25, 0.3) is 11.1 Å². The normalized spacial score (nSPS) is 13.5. The molecule has 0 aromatic heterocycles. The molecule has 4 aromatic rings. The average Bonchev–Trinajstić information content (AvgIpc) is 3.00. The predicted molar refractivity (Wildman–Crippen MR) is 113 cm³/mol. The molecule has 0 amide bonds. The summed E-state index contributed by atoms with van der Waals surface area (Å²) >= 11 is 0. The molecule has 0 unspecified atom stereocenters. The second-order valence-electron chi connectivity index (χ2n) is 6.82. The third-order valence-electron chi connectivity index (χ3n) is 5.16. The third-order valence-corrected chi connectivity index (χ3v) is 5.16. The lowest BCUT2D eigenvalue weighted by Gasteiger charge is -2.36. The van der Waals surface area contributed by atoms with E-state index in [1.807, 2.05) is 12.1 Å². The lowest BCUT2D eigenvalue weighted by molar-refractivity contribution is 0.700. The van der Waals surface area contributed by atoms with Crippen molar-refractivity contribution in [1.82, 2.24) is 0 Å². The van der Waals surface area contributed by atoms with E-state index < -0.39 is 5.66 Å². The van der Waals surface area contributed by atoms with Gasteiger partial charge in [-0.3, -0.25) is 0 Å². The maximum absolute atomic E-state index is 3.80. The van der Waals surface area contributed by atoms with Gasteiger partial charge in [-0.2, -0.15) is 0 Å². The zero-order valence-corrected chi connectivity index (χ0v) is 14.9. The zero-order chi connectivity index (χ0) is 18.1. The lowest BCUT2D eigenvalue weighted by atomic mass is 9.95. The van der Waals surface area contributed by atoms with Gasteiger partial charge in [0, 0.05) is 22.5 Å². The molecule has 2 heteroatoms. The first-order valence-corrected chi connectivity index (χ1v) is 9.23. The second kappa shape index (κ2) is 6.33. The van der Waals surface area contributed by atoms with Gasteiger partial charge in [-0.1, -0.05) is 84.9 Å². The van der Waals surface area contributed by atoms with Crippen molar-refractivity contribution in [3.05, 3.63) is 120 Å². The Morgan fingerprint density at radius 3 is 1.22 bits per heavy atom. The summed E-state index contributed by atoms with van der Waals surface area (Å²) < 4.78 is 0. The molecule has 2 N–H and O–H groups in total. The standard InChI is InChI=1S/C25H20N2/c1-3-11-19(12-4-1)26-25(27-20-13-5-2-6-14-20)23-17-9-7-15-21(23)22-16-8-10-18-24(22)25/h1-18,26-27H. The maximum Gasteiger partial charge on any atom is 0.162 e. The fourth-order valence-corrected chi connectivity index (χ4v) is 4.01. The SMILES string of the molecule is c1ccc(NC2(Nc3ccccc3)c3ccccc3-c3ccccc32)cc1. The van der Waals surface area contributed by atoms with E-state index in [1.165, 1.54) is 22.3 Å². The van der Waals surface area contributed by atoms with Gasteiger partial charge in [-0.05, 0) is 35.4 Å². The van der Waals surface area contributed by atoms with E-state index in [9.17, 15) is 0 Å². The Morgan fingerprint density at radius 1 is 0.407 bits per heavy atom. The van der Waals surface area contributed by atoms with Crippen LogP contribution < -0.4 is 10.6 Å². The molecule has 130 valence electrons. The molecule has 0 atom stereocenters. The fraction of sp³-hybridized carbons (Fsp3) is 0.0400. The van der Waals surface area contributed by atoms with Crippen molar-refractivity contribution in [1.29, 1.82) is 0 Å².